The topological polar surface area (TPSA) is 95.1 Å². The quantitative estimate of drug-likeness (QED) is 0.677. The molecule has 0 saturated carbocycles. The Morgan fingerprint density at radius 1 is 1.13 bits per heavy atom. The summed E-state index contributed by atoms with van der Waals surface area (Å²) in [6.45, 7) is 2.21. The number of anilines is 1. The molecule has 7 nitrogen and oxygen atoms in total. The molecular formula is C23H23N5O2. The highest BCUT2D eigenvalue weighted by atomic mass is 16.5. The fourth-order valence-corrected chi connectivity index (χ4v) is 3.61. The lowest BCUT2D eigenvalue weighted by atomic mass is 9.95. The van der Waals surface area contributed by atoms with Gasteiger partial charge >= 0.3 is 0 Å². The normalized spacial score (nSPS) is 14.9. The zero-order valence-electron chi connectivity index (χ0n) is 16.6. The SMILES string of the molecule is N#CCc1ccc(NC(=O)C2CCN(Cc3nc(-c4ccccc4)no3)CC2)cc1. The summed E-state index contributed by atoms with van der Waals surface area (Å²) in [5.74, 6) is 1.23. The third-order valence-corrected chi connectivity index (χ3v) is 5.32. The van der Waals surface area contributed by atoms with Gasteiger partial charge in [0.25, 0.3) is 0 Å². The molecular weight excluding hydrogens is 378 g/mol. The van der Waals surface area contributed by atoms with Crippen molar-refractivity contribution in [1.82, 2.24) is 15.0 Å². The summed E-state index contributed by atoms with van der Waals surface area (Å²) < 4.78 is 5.40. The monoisotopic (exact) mass is 401 g/mol. The minimum Gasteiger partial charge on any atom is -0.338 e. The number of carbonyl (C=O) groups excluding carboxylic acids is 1. The molecule has 2 heterocycles. The lowest BCUT2D eigenvalue weighted by Gasteiger charge is -2.30. The average Bonchev–Trinajstić information content (AvgIpc) is 3.25. The van der Waals surface area contributed by atoms with Crippen molar-refractivity contribution in [2.45, 2.75) is 25.8 Å². The van der Waals surface area contributed by atoms with E-state index in [0.717, 1.165) is 42.7 Å². The van der Waals surface area contributed by atoms with Crippen LogP contribution >= 0.6 is 0 Å². The summed E-state index contributed by atoms with van der Waals surface area (Å²) >= 11 is 0. The first-order chi connectivity index (χ1) is 14.7. The molecule has 1 amide bonds. The molecule has 30 heavy (non-hydrogen) atoms. The first-order valence-corrected chi connectivity index (χ1v) is 10.1. The van der Waals surface area contributed by atoms with E-state index >= 15 is 0 Å². The molecule has 1 fully saturated rings. The lowest BCUT2D eigenvalue weighted by Crippen LogP contribution is -2.37. The maximum atomic E-state index is 12.6. The van der Waals surface area contributed by atoms with Crippen LogP contribution in [0.2, 0.25) is 0 Å². The number of amides is 1. The highest BCUT2D eigenvalue weighted by Crippen LogP contribution is 2.22. The third-order valence-electron chi connectivity index (χ3n) is 5.32. The number of nitrogens with one attached hydrogen (secondary N) is 1. The Kier molecular flexibility index (Phi) is 6.16. The average molecular weight is 401 g/mol. The molecule has 1 aliphatic heterocycles. The summed E-state index contributed by atoms with van der Waals surface area (Å²) in [7, 11) is 0. The van der Waals surface area contributed by atoms with Crippen LogP contribution in [0.5, 0.6) is 0 Å². The van der Waals surface area contributed by atoms with E-state index in [1.807, 2.05) is 54.6 Å². The Morgan fingerprint density at radius 3 is 2.57 bits per heavy atom. The van der Waals surface area contributed by atoms with Crippen molar-refractivity contribution in [2.24, 2.45) is 5.92 Å². The highest BCUT2D eigenvalue weighted by Gasteiger charge is 2.26. The van der Waals surface area contributed by atoms with Crippen LogP contribution in [0.15, 0.2) is 59.1 Å². The fraction of sp³-hybridized carbons (Fsp3) is 0.304. The summed E-state index contributed by atoms with van der Waals surface area (Å²) in [5, 5.41) is 15.8. The van der Waals surface area contributed by atoms with E-state index in [1.54, 1.807) is 0 Å². The predicted molar refractivity (Wildman–Crippen MR) is 112 cm³/mol. The Labute approximate surface area is 175 Å². The van der Waals surface area contributed by atoms with E-state index in [-0.39, 0.29) is 11.8 Å². The number of hydrogen-bond acceptors (Lipinski definition) is 6. The second kappa shape index (κ2) is 9.33. The van der Waals surface area contributed by atoms with Gasteiger partial charge in [0.1, 0.15) is 0 Å². The number of piperidine rings is 1. The van der Waals surface area contributed by atoms with Gasteiger partial charge in [-0.15, -0.1) is 0 Å². The van der Waals surface area contributed by atoms with Gasteiger partial charge in [-0.25, -0.2) is 0 Å². The third kappa shape index (κ3) is 4.91. The molecule has 3 aromatic rings. The van der Waals surface area contributed by atoms with Crippen LogP contribution in [0.4, 0.5) is 5.69 Å². The van der Waals surface area contributed by atoms with Crippen LogP contribution in [0, 0.1) is 17.2 Å². The van der Waals surface area contributed by atoms with Gasteiger partial charge in [-0.2, -0.15) is 10.2 Å². The van der Waals surface area contributed by atoms with E-state index in [4.69, 9.17) is 9.78 Å². The van der Waals surface area contributed by atoms with Gasteiger partial charge in [-0.05, 0) is 43.6 Å². The van der Waals surface area contributed by atoms with Crippen molar-refractivity contribution in [3.63, 3.8) is 0 Å². The van der Waals surface area contributed by atoms with E-state index in [0.29, 0.717) is 24.7 Å². The molecule has 0 atom stereocenters. The van der Waals surface area contributed by atoms with Gasteiger partial charge in [0.05, 0.1) is 19.0 Å². The number of hydrogen-bond donors (Lipinski definition) is 1. The molecule has 1 aromatic heterocycles. The van der Waals surface area contributed by atoms with Gasteiger partial charge in [0, 0.05) is 17.2 Å². The van der Waals surface area contributed by atoms with E-state index in [9.17, 15) is 4.79 Å². The lowest BCUT2D eigenvalue weighted by molar-refractivity contribution is -0.121. The Hall–Kier alpha value is -3.50. The minimum atomic E-state index is -0.0115. The molecule has 7 heteroatoms. The van der Waals surface area contributed by atoms with Crippen molar-refractivity contribution in [3.8, 4) is 17.5 Å². The zero-order valence-corrected chi connectivity index (χ0v) is 16.6. The van der Waals surface area contributed by atoms with E-state index in [1.165, 1.54) is 0 Å². The van der Waals surface area contributed by atoms with Gasteiger partial charge in [-0.3, -0.25) is 9.69 Å². The summed E-state index contributed by atoms with van der Waals surface area (Å²) in [4.78, 5) is 19.3. The molecule has 152 valence electrons. The number of aromatic nitrogens is 2. The van der Waals surface area contributed by atoms with Gasteiger partial charge in [0.2, 0.25) is 17.6 Å². The summed E-state index contributed by atoms with van der Waals surface area (Å²) in [6.07, 6.45) is 1.95. The van der Waals surface area contributed by atoms with Crippen molar-refractivity contribution >= 4 is 11.6 Å². The van der Waals surface area contributed by atoms with Crippen LogP contribution in [-0.4, -0.2) is 34.0 Å². The van der Waals surface area contributed by atoms with Crippen LogP contribution in [0.3, 0.4) is 0 Å². The number of carbonyl (C=O) groups is 1. The molecule has 0 bridgehead atoms. The van der Waals surface area contributed by atoms with Gasteiger partial charge < -0.3 is 9.84 Å². The molecule has 0 aliphatic carbocycles. The van der Waals surface area contributed by atoms with Crippen LogP contribution in [-0.2, 0) is 17.8 Å². The summed E-state index contributed by atoms with van der Waals surface area (Å²) in [5.41, 5.74) is 2.65. The van der Waals surface area contributed by atoms with Crippen LogP contribution < -0.4 is 5.32 Å². The van der Waals surface area contributed by atoms with Crippen LogP contribution in [0.1, 0.15) is 24.3 Å². The molecule has 2 aromatic carbocycles. The molecule has 0 radical (unpaired) electrons. The molecule has 0 spiro atoms. The van der Waals surface area contributed by atoms with E-state index in [2.05, 4.69) is 26.4 Å². The first kappa shape index (κ1) is 19.8. The van der Waals surface area contributed by atoms with E-state index < -0.39 is 0 Å². The molecule has 1 aliphatic rings. The molecule has 0 unspecified atom stereocenters. The number of nitrogens with zero attached hydrogens (tertiary/aromatic N) is 4. The van der Waals surface area contributed by atoms with Crippen molar-refractivity contribution in [1.29, 1.82) is 5.26 Å². The zero-order chi connectivity index (χ0) is 20.8. The first-order valence-electron chi connectivity index (χ1n) is 10.1. The van der Waals surface area contributed by atoms with Crippen molar-refractivity contribution in [3.05, 3.63) is 66.1 Å². The second-order valence-electron chi connectivity index (χ2n) is 7.45. The Bertz CT molecular complexity index is 1020. The fourth-order valence-electron chi connectivity index (χ4n) is 3.61. The van der Waals surface area contributed by atoms with Crippen LogP contribution in [0.25, 0.3) is 11.4 Å². The predicted octanol–water partition coefficient (Wildman–Crippen LogP) is 3.65. The van der Waals surface area contributed by atoms with Gasteiger partial charge in [0.15, 0.2) is 0 Å². The second-order valence-corrected chi connectivity index (χ2v) is 7.45. The minimum absolute atomic E-state index is 0.0115. The number of nitriles is 1. The molecule has 1 N–H and O–H groups in total. The highest BCUT2D eigenvalue weighted by molar-refractivity contribution is 5.92. The number of likely N-dealkylation sites (tertiary alicyclic amines) is 1. The molecule has 4 rings (SSSR count). The maximum Gasteiger partial charge on any atom is 0.241 e. The van der Waals surface area contributed by atoms with Crippen molar-refractivity contribution in [2.75, 3.05) is 18.4 Å². The smallest absolute Gasteiger partial charge is 0.241 e. The summed E-state index contributed by atoms with van der Waals surface area (Å²) in [6, 6.07) is 19.3. The number of benzene rings is 2. The Morgan fingerprint density at radius 2 is 1.87 bits per heavy atom. The maximum absolute atomic E-state index is 12.6. The Balaban J connectivity index is 1.26. The van der Waals surface area contributed by atoms with Crippen molar-refractivity contribution < 1.29 is 9.32 Å². The van der Waals surface area contributed by atoms with Gasteiger partial charge in [-0.1, -0.05) is 47.6 Å². The molecule has 1 saturated heterocycles. The number of rotatable bonds is 6. The standard InChI is InChI=1S/C23H23N5O2/c24-13-10-17-6-8-20(9-7-17)25-23(29)19-11-14-28(15-12-19)16-21-26-22(27-30-21)18-4-2-1-3-5-18/h1-9,19H,10-12,14-16H2,(H,25,29). The largest absolute Gasteiger partial charge is 0.338 e.